The Labute approximate surface area is 116 Å². The van der Waals surface area contributed by atoms with Crippen molar-refractivity contribution in [2.24, 2.45) is 0 Å². The van der Waals surface area contributed by atoms with Crippen LogP contribution in [-0.4, -0.2) is 17.2 Å². The van der Waals surface area contributed by atoms with Crippen LogP contribution in [0.15, 0.2) is 42.5 Å². The maximum absolute atomic E-state index is 9.87. The Bertz CT molecular complexity index is 527. The number of fused-ring (bicyclic) bond motifs is 1. The van der Waals surface area contributed by atoms with E-state index in [1.807, 2.05) is 6.92 Å². The standard InChI is InChI=1S/C16H21O2P/c1-3-13(2)18-19(17)11-10-14-8-9-15-6-4-5-7-16(15)12-14/h4-9,12-13,17H,3,10-11H2,1-2H3. The fourth-order valence-electron chi connectivity index (χ4n) is 1.95. The van der Waals surface area contributed by atoms with Gasteiger partial charge in [-0.25, -0.2) is 0 Å². The maximum atomic E-state index is 9.87. The molecule has 19 heavy (non-hydrogen) atoms. The smallest absolute Gasteiger partial charge is 0.168 e. The van der Waals surface area contributed by atoms with Gasteiger partial charge in [0.15, 0.2) is 8.38 Å². The number of hydrogen-bond donors (Lipinski definition) is 1. The minimum absolute atomic E-state index is 0.146. The van der Waals surface area contributed by atoms with Crippen LogP contribution in [0.25, 0.3) is 10.8 Å². The van der Waals surface area contributed by atoms with Crippen molar-refractivity contribution in [2.45, 2.75) is 32.8 Å². The highest BCUT2D eigenvalue weighted by Gasteiger charge is 2.09. The van der Waals surface area contributed by atoms with E-state index in [0.717, 1.165) is 12.8 Å². The predicted molar refractivity (Wildman–Crippen MR) is 82.5 cm³/mol. The number of hydrogen-bond acceptors (Lipinski definition) is 2. The average Bonchev–Trinajstić information content (AvgIpc) is 2.44. The van der Waals surface area contributed by atoms with Crippen LogP contribution in [0, 0.1) is 0 Å². The number of benzene rings is 2. The van der Waals surface area contributed by atoms with Gasteiger partial charge in [-0.05, 0) is 36.1 Å². The van der Waals surface area contributed by atoms with E-state index < -0.39 is 8.38 Å². The van der Waals surface area contributed by atoms with E-state index in [-0.39, 0.29) is 6.10 Å². The highest BCUT2D eigenvalue weighted by Crippen LogP contribution is 2.34. The second kappa shape index (κ2) is 7.00. The number of rotatable bonds is 6. The third-order valence-electron chi connectivity index (χ3n) is 3.28. The van der Waals surface area contributed by atoms with Gasteiger partial charge in [0, 0.05) is 6.16 Å². The molecule has 0 saturated carbocycles. The quantitative estimate of drug-likeness (QED) is 0.787. The van der Waals surface area contributed by atoms with Crippen LogP contribution in [0.4, 0.5) is 0 Å². The second-order valence-electron chi connectivity index (χ2n) is 4.83. The van der Waals surface area contributed by atoms with Gasteiger partial charge in [-0.15, -0.1) is 0 Å². The van der Waals surface area contributed by atoms with Crippen molar-refractivity contribution in [2.75, 3.05) is 6.16 Å². The van der Waals surface area contributed by atoms with Gasteiger partial charge < -0.3 is 9.42 Å². The largest absolute Gasteiger partial charge is 0.350 e. The predicted octanol–water partition coefficient (Wildman–Crippen LogP) is 4.50. The molecule has 0 bridgehead atoms. The van der Waals surface area contributed by atoms with Gasteiger partial charge in [-0.2, -0.15) is 0 Å². The summed E-state index contributed by atoms with van der Waals surface area (Å²) in [7, 11) is -1.29. The van der Waals surface area contributed by atoms with Crippen molar-refractivity contribution in [1.82, 2.24) is 0 Å². The summed E-state index contributed by atoms with van der Waals surface area (Å²) in [6.07, 6.45) is 2.66. The zero-order valence-corrected chi connectivity index (χ0v) is 12.4. The van der Waals surface area contributed by atoms with E-state index in [0.29, 0.717) is 6.16 Å². The molecule has 2 unspecified atom stereocenters. The SMILES string of the molecule is CCC(C)OP(O)CCc1ccc2ccccc2c1. The topological polar surface area (TPSA) is 29.5 Å². The highest BCUT2D eigenvalue weighted by molar-refractivity contribution is 7.46. The summed E-state index contributed by atoms with van der Waals surface area (Å²) in [6, 6.07) is 14.8. The average molecular weight is 276 g/mol. The van der Waals surface area contributed by atoms with E-state index >= 15 is 0 Å². The normalized spacial score (nSPS) is 14.5. The first kappa shape index (κ1) is 14.5. The lowest BCUT2D eigenvalue weighted by Gasteiger charge is -2.15. The molecular weight excluding hydrogens is 255 g/mol. The molecule has 2 aromatic rings. The highest BCUT2D eigenvalue weighted by atomic mass is 31.2. The molecule has 0 aliphatic carbocycles. The van der Waals surface area contributed by atoms with Crippen molar-refractivity contribution in [3.63, 3.8) is 0 Å². The van der Waals surface area contributed by atoms with Crippen molar-refractivity contribution < 1.29 is 9.42 Å². The molecule has 2 atom stereocenters. The molecule has 0 spiro atoms. The summed E-state index contributed by atoms with van der Waals surface area (Å²) in [4.78, 5) is 9.87. The Balaban J connectivity index is 1.94. The third-order valence-corrected chi connectivity index (χ3v) is 4.49. The Morgan fingerprint density at radius 3 is 2.63 bits per heavy atom. The van der Waals surface area contributed by atoms with Crippen LogP contribution in [0.3, 0.4) is 0 Å². The second-order valence-corrected chi connectivity index (χ2v) is 6.19. The Kier molecular flexibility index (Phi) is 5.33. The van der Waals surface area contributed by atoms with E-state index in [4.69, 9.17) is 4.52 Å². The van der Waals surface area contributed by atoms with Gasteiger partial charge in [0.2, 0.25) is 0 Å². The van der Waals surface area contributed by atoms with Gasteiger partial charge >= 0.3 is 0 Å². The lowest BCUT2D eigenvalue weighted by atomic mass is 10.1. The van der Waals surface area contributed by atoms with Crippen LogP contribution in [0.1, 0.15) is 25.8 Å². The first-order valence-electron chi connectivity index (χ1n) is 6.80. The van der Waals surface area contributed by atoms with Crippen LogP contribution < -0.4 is 0 Å². The fraction of sp³-hybridized carbons (Fsp3) is 0.375. The molecule has 0 aliphatic heterocycles. The van der Waals surface area contributed by atoms with Gasteiger partial charge in [0.1, 0.15) is 0 Å². The summed E-state index contributed by atoms with van der Waals surface area (Å²) in [6.45, 7) is 4.07. The molecule has 0 aromatic heterocycles. The molecule has 1 N–H and O–H groups in total. The molecule has 0 radical (unpaired) electrons. The lowest BCUT2D eigenvalue weighted by Crippen LogP contribution is -2.04. The van der Waals surface area contributed by atoms with Crippen LogP contribution >= 0.6 is 8.38 Å². The molecule has 3 heteroatoms. The minimum Gasteiger partial charge on any atom is -0.350 e. The Morgan fingerprint density at radius 2 is 1.89 bits per heavy atom. The van der Waals surface area contributed by atoms with Gasteiger partial charge in [-0.3, -0.25) is 0 Å². The summed E-state index contributed by atoms with van der Waals surface area (Å²) >= 11 is 0. The molecular formula is C16H21O2P. The molecule has 0 heterocycles. The Hall–Kier alpha value is -0.950. The zero-order chi connectivity index (χ0) is 13.7. The van der Waals surface area contributed by atoms with Crippen LogP contribution in [0.5, 0.6) is 0 Å². The molecule has 0 saturated heterocycles. The van der Waals surface area contributed by atoms with Crippen LogP contribution in [-0.2, 0) is 10.9 Å². The first-order valence-corrected chi connectivity index (χ1v) is 8.19. The van der Waals surface area contributed by atoms with E-state index in [1.165, 1.54) is 16.3 Å². The third kappa shape index (κ3) is 4.28. The fourth-order valence-corrected chi connectivity index (χ4v) is 3.07. The first-order chi connectivity index (χ1) is 9.19. The molecule has 0 fully saturated rings. The zero-order valence-electron chi connectivity index (χ0n) is 11.5. The molecule has 2 nitrogen and oxygen atoms in total. The van der Waals surface area contributed by atoms with Gasteiger partial charge in [0.25, 0.3) is 0 Å². The van der Waals surface area contributed by atoms with E-state index in [1.54, 1.807) is 0 Å². The van der Waals surface area contributed by atoms with E-state index in [2.05, 4.69) is 49.4 Å². The monoisotopic (exact) mass is 276 g/mol. The number of aryl methyl sites for hydroxylation is 1. The minimum atomic E-state index is -1.29. The molecule has 0 amide bonds. The summed E-state index contributed by atoms with van der Waals surface area (Å²) in [5.74, 6) is 0. The van der Waals surface area contributed by atoms with Crippen molar-refractivity contribution >= 4 is 19.1 Å². The Morgan fingerprint density at radius 1 is 1.16 bits per heavy atom. The summed E-state index contributed by atoms with van der Waals surface area (Å²) in [5, 5.41) is 2.51. The van der Waals surface area contributed by atoms with Gasteiger partial charge in [0.05, 0.1) is 6.10 Å². The summed E-state index contributed by atoms with van der Waals surface area (Å²) < 4.78 is 5.53. The maximum Gasteiger partial charge on any atom is 0.168 e. The molecule has 102 valence electrons. The van der Waals surface area contributed by atoms with Crippen LogP contribution in [0.2, 0.25) is 0 Å². The van der Waals surface area contributed by atoms with E-state index in [9.17, 15) is 4.89 Å². The van der Waals surface area contributed by atoms with Gasteiger partial charge in [-0.1, -0.05) is 49.4 Å². The van der Waals surface area contributed by atoms with Crippen molar-refractivity contribution in [3.8, 4) is 0 Å². The van der Waals surface area contributed by atoms with Crippen molar-refractivity contribution in [3.05, 3.63) is 48.0 Å². The molecule has 2 rings (SSSR count). The van der Waals surface area contributed by atoms with Crippen molar-refractivity contribution in [1.29, 1.82) is 0 Å². The molecule has 0 aliphatic rings. The molecule has 2 aromatic carbocycles. The lowest BCUT2D eigenvalue weighted by molar-refractivity contribution is 0.217. The summed E-state index contributed by atoms with van der Waals surface area (Å²) in [5.41, 5.74) is 1.26.